The SMILES string of the molecule is CCSC1=C(N(c2ccccc2)c2ccc3ccc4c(/C=C/c5ccc6c(c5)C(C)(CC)C5=C6C=CC(N6C7=C(CCCC7)Sc7ccccc76)C5)ccc5ccc2c3c54)CCC=C1. The van der Waals surface area contributed by atoms with Crippen LogP contribution in [0.25, 0.3) is 50.0 Å². The van der Waals surface area contributed by atoms with Gasteiger partial charge < -0.3 is 9.80 Å². The van der Waals surface area contributed by atoms with Crippen LogP contribution in [0, 0.1) is 0 Å². The van der Waals surface area contributed by atoms with Gasteiger partial charge >= 0.3 is 0 Å². The van der Waals surface area contributed by atoms with Crippen molar-refractivity contribution in [2.75, 3.05) is 15.6 Å². The van der Waals surface area contributed by atoms with Gasteiger partial charge in [0.25, 0.3) is 0 Å². The first-order valence-electron chi connectivity index (χ1n) is 23.6. The Hall–Kier alpha value is -5.68. The molecule has 64 heavy (non-hydrogen) atoms. The van der Waals surface area contributed by atoms with Gasteiger partial charge in [0.2, 0.25) is 0 Å². The number of anilines is 3. The van der Waals surface area contributed by atoms with Crippen molar-refractivity contribution < 1.29 is 0 Å². The van der Waals surface area contributed by atoms with Gasteiger partial charge in [-0.3, -0.25) is 0 Å². The van der Waals surface area contributed by atoms with Crippen molar-refractivity contribution in [1.29, 1.82) is 0 Å². The largest absolute Gasteiger partial charge is 0.336 e. The second kappa shape index (κ2) is 16.1. The lowest BCUT2D eigenvalue weighted by molar-refractivity contribution is 0.510. The van der Waals surface area contributed by atoms with Gasteiger partial charge in [0.05, 0.1) is 17.4 Å². The Balaban J connectivity index is 0.896. The fraction of sp³-hybridized carbons (Fsp3) is 0.233. The summed E-state index contributed by atoms with van der Waals surface area (Å²) in [5, 5.41) is 7.88. The third-order valence-electron chi connectivity index (χ3n) is 15.0. The molecule has 2 atom stereocenters. The molecule has 4 aliphatic carbocycles. The molecule has 316 valence electrons. The van der Waals surface area contributed by atoms with Gasteiger partial charge in [-0.25, -0.2) is 0 Å². The third-order valence-corrected chi connectivity index (χ3v) is 17.2. The number of para-hydroxylation sites is 2. The highest BCUT2D eigenvalue weighted by molar-refractivity contribution is 8.03. The van der Waals surface area contributed by atoms with E-state index in [9.17, 15) is 0 Å². The van der Waals surface area contributed by atoms with Crippen molar-refractivity contribution >= 4 is 90.6 Å². The minimum atomic E-state index is -0.0103. The summed E-state index contributed by atoms with van der Waals surface area (Å²) >= 11 is 3.98. The lowest BCUT2D eigenvalue weighted by atomic mass is 9.73. The van der Waals surface area contributed by atoms with Crippen molar-refractivity contribution in [3.63, 3.8) is 0 Å². The number of allylic oxidation sites excluding steroid dienone is 7. The van der Waals surface area contributed by atoms with E-state index in [1.165, 1.54) is 118 Å². The fourth-order valence-corrected chi connectivity index (χ4v) is 13.8. The lowest BCUT2D eigenvalue weighted by Crippen LogP contribution is -2.39. The average molecular weight is 867 g/mol. The minimum Gasteiger partial charge on any atom is -0.336 e. The number of benzene rings is 7. The van der Waals surface area contributed by atoms with Crippen LogP contribution in [0.1, 0.15) is 94.4 Å². The molecule has 1 aliphatic heterocycles. The number of rotatable bonds is 9. The van der Waals surface area contributed by atoms with Crippen LogP contribution in [0.15, 0.2) is 177 Å². The quantitative estimate of drug-likeness (QED) is 0.105. The summed E-state index contributed by atoms with van der Waals surface area (Å²) in [5.74, 6) is 1.05. The van der Waals surface area contributed by atoms with Crippen LogP contribution in [-0.4, -0.2) is 11.8 Å². The zero-order valence-corrected chi connectivity index (χ0v) is 38.8. The highest BCUT2D eigenvalue weighted by Crippen LogP contribution is 2.56. The normalized spacial score (nSPS) is 20.5. The van der Waals surface area contributed by atoms with Crippen molar-refractivity contribution in [2.45, 2.75) is 88.5 Å². The Bertz CT molecular complexity index is 3200. The van der Waals surface area contributed by atoms with E-state index in [1.807, 2.05) is 23.5 Å². The van der Waals surface area contributed by atoms with Gasteiger partial charge in [-0.1, -0.05) is 160 Å². The van der Waals surface area contributed by atoms with E-state index in [0.717, 1.165) is 31.4 Å². The Kier molecular flexibility index (Phi) is 10.0. The van der Waals surface area contributed by atoms with Crippen LogP contribution in [0.5, 0.6) is 0 Å². The summed E-state index contributed by atoms with van der Waals surface area (Å²) in [4.78, 5) is 9.66. The van der Waals surface area contributed by atoms with Crippen molar-refractivity contribution in [3.05, 3.63) is 195 Å². The van der Waals surface area contributed by atoms with Gasteiger partial charge in [-0.05, 0) is 148 Å². The maximum absolute atomic E-state index is 2.74. The summed E-state index contributed by atoms with van der Waals surface area (Å²) in [6.45, 7) is 7.17. The topological polar surface area (TPSA) is 6.48 Å². The van der Waals surface area contributed by atoms with E-state index >= 15 is 0 Å². The van der Waals surface area contributed by atoms with Gasteiger partial charge in [0.1, 0.15) is 0 Å². The standard InChI is InChI=1S/C60H54N2S2/c1-4-60(3)49-37-39(24-32-46(49)47-35-31-44(38-50(47)60)62-53-18-10-13-21-56(53)64-57-22-14-11-19-54(57)62)23-25-40-26-27-41-29-34-48-51(36-30-42-28-33-45(40)58(41)59(42)48)61(43-15-7-6-8-16-43)52-17-9-12-20-55(52)63-5-2/h6-8,10,12-13,15-16,18,20-21,23-37,44H,4-5,9,11,14,17,19,22,38H2,1-3H3/b25-23+. The van der Waals surface area contributed by atoms with E-state index < -0.39 is 0 Å². The molecule has 4 heteroatoms. The van der Waals surface area contributed by atoms with Crippen LogP contribution in [0.3, 0.4) is 0 Å². The number of thioether (sulfide) groups is 2. The molecule has 2 nitrogen and oxygen atoms in total. The summed E-state index contributed by atoms with van der Waals surface area (Å²) < 4.78 is 0. The molecule has 7 aromatic carbocycles. The highest BCUT2D eigenvalue weighted by atomic mass is 32.2. The zero-order valence-electron chi connectivity index (χ0n) is 37.2. The van der Waals surface area contributed by atoms with Gasteiger partial charge in [0, 0.05) is 42.6 Å². The van der Waals surface area contributed by atoms with Crippen LogP contribution < -0.4 is 9.80 Å². The summed E-state index contributed by atoms with van der Waals surface area (Å²) in [6, 6.07) is 46.4. The molecule has 0 amide bonds. The Labute approximate surface area is 387 Å². The van der Waals surface area contributed by atoms with E-state index in [2.05, 4.69) is 188 Å². The first-order chi connectivity index (χ1) is 31.5. The maximum Gasteiger partial charge on any atom is 0.0560 e. The first kappa shape index (κ1) is 39.9. The molecule has 0 saturated heterocycles. The molecular formula is C60H54N2S2. The van der Waals surface area contributed by atoms with Crippen LogP contribution in [-0.2, 0) is 5.41 Å². The average Bonchev–Trinajstić information content (AvgIpc) is 3.59. The molecule has 12 rings (SSSR count). The first-order valence-corrected chi connectivity index (χ1v) is 25.4. The molecule has 0 saturated carbocycles. The summed E-state index contributed by atoms with van der Waals surface area (Å²) in [6.07, 6.45) is 23.6. The van der Waals surface area contributed by atoms with Crippen molar-refractivity contribution in [1.82, 2.24) is 0 Å². The minimum absolute atomic E-state index is 0.0103. The van der Waals surface area contributed by atoms with Crippen LogP contribution in [0.2, 0.25) is 0 Å². The van der Waals surface area contributed by atoms with Gasteiger partial charge in [0.15, 0.2) is 0 Å². The van der Waals surface area contributed by atoms with Crippen molar-refractivity contribution in [2.24, 2.45) is 0 Å². The smallest absolute Gasteiger partial charge is 0.0560 e. The van der Waals surface area contributed by atoms with Gasteiger partial charge in [-0.2, -0.15) is 0 Å². The Morgan fingerprint density at radius 3 is 2.42 bits per heavy atom. The van der Waals surface area contributed by atoms with Gasteiger partial charge in [-0.15, -0.1) is 11.8 Å². The maximum atomic E-state index is 2.74. The highest BCUT2D eigenvalue weighted by Gasteiger charge is 2.43. The lowest BCUT2D eigenvalue weighted by Gasteiger charge is -2.43. The molecule has 7 aromatic rings. The predicted molar refractivity (Wildman–Crippen MR) is 280 cm³/mol. The number of nitrogens with zero attached hydrogens (tertiary/aromatic N) is 2. The van der Waals surface area contributed by atoms with E-state index in [0.29, 0.717) is 6.04 Å². The number of fused-ring (bicyclic) bond motifs is 3. The third kappa shape index (κ3) is 6.38. The molecule has 0 N–H and O–H groups in total. The molecule has 0 fully saturated rings. The van der Waals surface area contributed by atoms with E-state index in [-0.39, 0.29) is 5.41 Å². The molecule has 0 radical (unpaired) electrons. The molecule has 2 unspecified atom stereocenters. The molecule has 0 spiro atoms. The fourth-order valence-electron chi connectivity index (χ4n) is 11.7. The predicted octanol–water partition coefficient (Wildman–Crippen LogP) is 17.4. The van der Waals surface area contributed by atoms with E-state index in [4.69, 9.17) is 0 Å². The second-order valence-electron chi connectivity index (χ2n) is 18.4. The van der Waals surface area contributed by atoms with Crippen LogP contribution in [0.4, 0.5) is 17.1 Å². The molecular weight excluding hydrogens is 813 g/mol. The molecule has 0 bridgehead atoms. The summed E-state index contributed by atoms with van der Waals surface area (Å²) in [7, 11) is 0. The van der Waals surface area contributed by atoms with E-state index in [1.54, 1.807) is 16.2 Å². The number of hydrogen-bond donors (Lipinski definition) is 0. The second-order valence-corrected chi connectivity index (χ2v) is 20.8. The monoisotopic (exact) mass is 866 g/mol. The Morgan fingerprint density at radius 2 is 1.56 bits per heavy atom. The zero-order chi connectivity index (χ0) is 42.9. The van der Waals surface area contributed by atoms with Crippen LogP contribution >= 0.6 is 23.5 Å². The van der Waals surface area contributed by atoms with Crippen molar-refractivity contribution in [3.8, 4) is 0 Å². The molecule has 5 aliphatic rings. The molecule has 1 heterocycles. The number of hydrogen-bond acceptors (Lipinski definition) is 4. The Morgan fingerprint density at radius 1 is 0.781 bits per heavy atom. The summed E-state index contributed by atoms with van der Waals surface area (Å²) in [5.41, 5.74) is 15.3. The molecule has 0 aromatic heterocycles.